The minimum absolute atomic E-state index is 0. The van der Waals surface area contributed by atoms with Gasteiger partial charge < -0.3 is 27.0 Å². The van der Waals surface area contributed by atoms with Crippen LogP contribution in [0.25, 0.3) is 0 Å². The van der Waals surface area contributed by atoms with Crippen LogP contribution < -0.4 is 31.6 Å². The van der Waals surface area contributed by atoms with Gasteiger partial charge in [-0.05, 0) is 23.6 Å². The predicted molar refractivity (Wildman–Crippen MR) is 99.6 cm³/mol. The number of halogens is 1. The number of ether oxygens (including phenoxy) is 1. The molecule has 0 aliphatic carbocycles. The summed E-state index contributed by atoms with van der Waals surface area (Å²) in [7, 11) is 0. The van der Waals surface area contributed by atoms with Crippen LogP contribution in [-0.2, 0) is 6.54 Å². The van der Waals surface area contributed by atoms with Gasteiger partial charge in [0.25, 0.3) is 5.91 Å². The Morgan fingerprint density at radius 3 is 2.41 bits per heavy atom. The van der Waals surface area contributed by atoms with Crippen molar-refractivity contribution in [3.63, 3.8) is 0 Å². The summed E-state index contributed by atoms with van der Waals surface area (Å²) in [6.45, 7) is 1.07. The number of aromatic nitrogens is 1. The van der Waals surface area contributed by atoms with Crippen LogP contribution in [0.15, 0.2) is 72.4 Å². The molecule has 5 nitrogen and oxygen atoms in total. The second kappa shape index (κ2) is 10.6. The molecule has 7 heteroatoms. The molecule has 2 aromatic heterocycles. The first-order valence-electron chi connectivity index (χ1n) is 8.24. The zero-order valence-corrected chi connectivity index (χ0v) is 16.9. The normalized spacial score (nSPS) is 9.93. The molecule has 3 aromatic rings. The fourth-order valence-electron chi connectivity index (χ4n) is 2.35. The van der Waals surface area contributed by atoms with E-state index in [0.717, 1.165) is 10.6 Å². The standard InChI is InChI=1S/C20H18N2O3S.BrH/c23-18(19-7-4-14-26-19)15-22-11-8-16(9-12-22)20(24)21-10-13-25-17-5-2-1-3-6-17;/h1-9,11-12,14H,10,13,15H2;1H. The van der Waals surface area contributed by atoms with E-state index in [-0.39, 0.29) is 35.2 Å². The molecule has 0 unspecified atom stereocenters. The quantitative estimate of drug-likeness (QED) is 0.294. The molecule has 1 aromatic carbocycles. The Labute approximate surface area is 172 Å². The van der Waals surface area contributed by atoms with Gasteiger partial charge in [-0.3, -0.25) is 9.59 Å². The van der Waals surface area contributed by atoms with Gasteiger partial charge in [0.05, 0.1) is 17.0 Å². The number of hydrogen-bond donors (Lipinski definition) is 1. The number of carbonyl (C=O) groups excluding carboxylic acids is 2. The smallest absolute Gasteiger partial charge is 0.251 e. The minimum atomic E-state index is -0.168. The summed E-state index contributed by atoms with van der Waals surface area (Å²) in [6, 6.07) is 16.5. The van der Waals surface area contributed by atoms with E-state index in [0.29, 0.717) is 18.7 Å². The molecule has 0 aliphatic heterocycles. The maximum absolute atomic E-state index is 12.1. The lowest BCUT2D eigenvalue weighted by Crippen LogP contribution is -3.00. The lowest BCUT2D eigenvalue weighted by molar-refractivity contribution is -0.683. The van der Waals surface area contributed by atoms with Crippen LogP contribution in [-0.4, -0.2) is 24.8 Å². The third-order valence-electron chi connectivity index (χ3n) is 3.68. The van der Waals surface area contributed by atoms with Crippen molar-refractivity contribution in [2.45, 2.75) is 6.54 Å². The van der Waals surface area contributed by atoms with E-state index < -0.39 is 0 Å². The highest BCUT2D eigenvalue weighted by atomic mass is 79.9. The molecule has 0 fully saturated rings. The Morgan fingerprint density at radius 2 is 1.74 bits per heavy atom. The van der Waals surface area contributed by atoms with Crippen LogP contribution in [0.4, 0.5) is 0 Å². The minimum Gasteiger partial charge on any atom is -1.00 e. The van der Waals surface area contributed by atoms with Crippen molar-refractivity contribution in [1.29, 1.82) is 0 Å². The van der Waals surface area contributed by atoms with Crippen molar-refractivity contribution >= 4 is 23.0 Å². The molecule has 0 bridgehead atoms. The topological polar surface area (TPSA) is 59.3 Å². The largest absolute Gasteiger partial charge is 1.00 e. The average molecular weight is 447 g/mol. The summed E-state index contributed by atoms with van der Waals surface area (Å²) in [6.07, 6.45) is 3.47. The lowest BCUT2D eigenvalue weighted by Gasteiger charge is -2.07. The van der Waals surface area contributed by atoms with Crippen molar-refractivity contribution in [2.24, 2.45) is 0 Å². The van der Waals surface area contributed by atoms with Gasteiger partial charge in [0.1, 0.15) is 12.4 Å². The van der Waals surface area contributed by atoms with Gasteiger partial charge in [-0.1, -0.05) is 24.3 Å². The van der Waals surface area contributed by atoms with Crippen LogP contribution in [0, 0.1) is 0 Å². The average Bonchev–Trinajstić information content (AvgIpc) is 3.21. The van der Waals surface area contributed by atoms with Crippen LogP contribution in [0.2, 0.25) is 0 Å². The second-order valence-electron chi connectivity index (χ2n) is 5.58. The number of carbonyl (C=O) groups is 2. The number of thiophene rings is 1. The molecular formula is C20H19BrN2O3S. The van der Waals surface area contributed by atoms with Gasteiger partial charge in [-0.2, -0.15) is 4.57 Å². The number of para-hydroxylation sites is 1. The van der Waals surface area contributed by atoms with E-state index >= 15 is 0 Å². The molecule has 0 aliphatic rings. The van der Waals surface area contributed by atoms with Crippen LogP contribution >= 0.6 is 11.3 Å². The number of hydrogen-bond acceptors (Lipinski definition) is 4. The van der Waals surface area contributed by atoms with E-state index in [4.69, 9.17) is 4.74 Å². The van der Waals surface area contributed by atoms with Crippen molar-refractivity contribution in [2.75, 3.05) is 13.2 Å². The number of Topliss-reactive ketones (excluding diaryl/α,β-unsaturated/α-hetero) is 1. The Bertz CT molecular complexity index is 853. The number of nitrogens with zero attached hydrogens (tertiary/aromatic N) is 1. The zero-order chi connectivity index (χ0) is 18.2. The third kappa shape index (κ3) is 6.30. The van der Waals surface area contributed by atoms with Crippen molar-refractivity contribution in [1.82, 2.24) is 5.32 Å². The van der Waals surface area contributed by atoms with Gasteiger partial charge in [0.2, 0.25) is 12.3 Å². The van der Waals surface area contributed by atoms with Crippen molar-refractivity contribution in [3.8, 4) is 5.75 Å². The molecule has 2 heterocycles. The lowest BCUT2D eigenvalue weighted by atomic mass is 10.2. The maximum Gasteiger partial charge on any atom is 0.251 e. The highest BCUT2D eigenvalue weighted by Gasteiger charge is 2.14. The zero-order valence-electron chi connectivity index (χ0n) is 14.5. The van der Waals surface area contributed by atoms with Gasteiger partial charge in [0.15, 0.2) is 12.4 Å². The summed E-state index contributed by atoms with van der Waals surface area (Å²) in [4.78, 5) is 25.0. The Hall–Kier alpha value is -2.51. The van der Waals surface area contributed by atoms with E-state index in [9.17, 15) is 9.59 Å². The summed E-state index contributed by atoms with van der Waals surface area (Å²) in [5.74, 6) is 0.663. The number of nitrogens with one attached hydrogen (secondary N) is 1. The van der Waals surface area contributed by atoms with E-state index in [1.54, 1.807) is 29.1 Å². The highest BCUT2D eigenvalue weighted by molar-refractivity contribution is 7.12. The first kappa shape index (κ1) is 20.8. The molecular weight excluding hydrogens is 428 g/mol. The molecule has 0 saturated carbocycles. The van der Waals surface area contributed by atoms with Crippen molar-refractivity contribution < 1.29 is 35.9 Å². The fraction of sp³-hybridized carbons (Fsp3) is 0.150. The fourth-order valence-corrected chi connectivity index (χ4v) is 3.00. The number of benzene rings is 1. The summed E-state index contributed by atoms with van der Waals surface area (Å²) >= 11 is 1.43. The molecule has 140 valence electrons. The first-order chi connectivity index (χ1) is 12.7. The number of amides is 1. The summed E-state index contributed by atoms with van der Waals surface area (Å²) in [5.41, 5.74) is 0.546. The third-order valence-corrected chi connectivity index (χ3v) is 4.59. The SMILES string of the molecule is O=C(NCCOc1ccccc1)c1cc[n+](CC(=O)c2cccs2)cc1.[Br-]. The molecule has 1 N–H and O–H groups in total. The molecule has 3 rings (SSSR count). The van der Waals surface area contributed by atoms with Crippen molar-refractivity contribution in [3.05, 3.63) is 82.8 Å². The molecule has 1 amide bonds. The van der Waals surface area contributed by atoms with Gasteiger partial charge in [-0.25, -0.2) is 0 Å². The van der Waals surface area contributed by atoms with Gasteiger partial charge >= 0.3 is 0 Å². The molecule has 0 atom stereocenters. The summed E-state index contributed by atoms with van der Waals surface area (Å²) < 4.78 is 7.30. The molecule has 0 radical (unpaired) electrons. The predicted octanol–water partition coefficient (Wildman–Crippen LogP) is -0.269. The number of ketones is 1. The maximum atomic E-state index is 12.1. The second-order valence-corrected chi connectivity index (χ2v) is 6.52. The monoisotopic (exact) mass is 446 g/mol. The van der Waals surface area contributed by atoms with E-state index in [1.165, 1.54) is 11.3 Å². The Kier molecular flexibility index (Phi) is 8.16. The number of pyridine rings is 1. The van der Waals surface area contributed by atoms with E-state index in [1.807, 2.05) is 47.8 Å². The summed E-state index contributed by atoms with van der Waals surface area (Å²) in [5, 5.41) is 4.70. The van der Waals surface area contributed by atoms with Crippen LogP contribution in [0.5, 0.6) is 5.75 Å². The van der Waals surface area contributed by atoms with E-state index in [2.05, 4.69) is 5.32 Å². The number of rotatable bonds is 8. The Morgan fingerprint density at radius 1 is 1.00 bits per heavy atom. The molecule has 0 saturated heterocycles. The molecule has 0 spiro atoms. The van der Waals surface area contributed by atoms with Gasteiger partial charge in [0, 0.05) is 12.1 Å². The van der Waals surface area contributed by atoms with Gasteiger partial charge in [-0.15, -0.1) is 11.3 Å². The Balaban J connectivity index is 0.00000261. The molecule has 27 heavy (non-hydrogen) atoms. The first-order valence-corrected chi connectivity index (χ1v) is 9.12. The van der Waals surface area contributed by atoms with Crippen LogP contribution in [0.1, 0.15) is 20.0 Å². The highest BCUT2D eigenvalue weighted by Crippen LogP contribution is 2.09. The van der Waals surface area contributed by atoms with Crippen LogP contribution in [0.3, 0.4) is 0 Å².